The zero-order valence-electron chi connectivity index (χ0n) is 9.71. The monoisotopic (exact) mass is 252 g/mol. The van der Waals surface area contributed by atoms with Gasteiger partial charge in [-0.05, 0) is 37.6 Å². The Balaban J connectivity index is 1.95. The maximum Gasteiger partial charge on any atom is 0.241 e. The van der Waals surface area contributed by atoms with Gasteiger partial charge in [-0.1, -0.05) is 30.5 Å². The number of hydrogen-bond acceptors (Lipinski definition) is 2. The predicted octanol–water partition coefficient (Wildman–Crippen LogP) is 2.81. The molecule has 3 nitrogen and oxygen atoms in total. The van der Waals surface area contributed by atoms with Crippen LogP contribution in [0.5, 0.6) is 0 Å². The van der Waals surface area contributed by atoms with Crippen molar-refractivity contribution in [2.45, 2.75) is 31.7 Å². The van der Waals surface area contributed by atoms with Gasteiger partial charge >= 0.3 is 0 Å². The molecular weight excluding hydrogens is 236 g/mol. The molecule has 17 heavy (non-hydrogen) atoms. The van der Waals surface area contributed by atoms with Crippen LogP contribution in [0.25, 0.3) is 0 Å². The van der Waals surface area contributed by atoms with E-state index in [1.807, 2.05) is 12.1 Å². The fourth-order valence-electron chi connectivity index (χ4n) is 2.05. The smallest absolute Gasteiger partial charge is 0.241 e. The van der Waals surface area contributed by atoms with Crippen molar-refractivity contribution in [2.24, 2.45) is 0 Å². The topological polar surface area (TPSA) is 41.1 Å². The third-order valence-corrected chi connectivity index (χ3v) is 3.20. The number of benzene rings is 1. The van der Waals surface area contributed by atoms with Crippen molar-refractivity contribution < 1.29 is 4.79 Å². The fourth-order valence-corrected chi connectivity index (χ4v) is 2.24. The Morgan fingerprint density at radius 3 is 3.06 bits per heavy atom. The summed E-state index contributed by atoms with van der Waals surface area (Å²) in [7, 11) is 0. The van der Waals surface area contributed by atoms with E-state index < -0.39 is 0 Å². The standard InChI is InChI=1S/C13H17ClN2O/c14-10-5-4-6-11(9-10)16-13(17)12-7-2-1-3-8-15-12/h4-6,9,12,15H,1-3,7-8H2,(H,16,17). The van der Waals surface area contributed by atoms with Crippen molar-refractivity contribution >= 4 is 23.2 Å². The molecule has 1 aliphatic heterocycles. The van der Waals surface area contributed by atoms with E-state index in [0.717, 1.165) is 31.5 Å². The van der Waals surface area contributed by atoms with E-state index in [2.05, 4.69) is 10.6 Å². The van der Waals surface area contributed by atoms with Crippen molar-refractivity contribution in [3.8, 4) is 0 Å². The van der Waals surface area contributed by atoms with E-state index in [4.69, 9.17) is 11.6 Å². The molecule has 0 aliphatic carbocycles. The second-order valence-electron chi connectivity index (χ2n) is 4.36. The lowest BCUT2D eigenvalue weighted by molar-refractivity contribution is -0.118. The normalized spacial score (nSPS) is 20.6. The van der Waals surface area contributed by atoms with Gasteiger partial charge in [-0.25, -0.2) is 0 Å². The van der Waals surface area contributed by atoms with Crippen molar-refractivity contribution in [1.29, 1.82) is 0 Å². The minimum Gasteiger partial charge on any atom is -0.325 e. The van der Waals surface area contributed by atoms with Gasteiger partial charge in [-0.15, -0.1) is 0 Å². The molecule has 1 heterocycles. The maximum absolute atomic E-state index is 12.0. The zero-order chi connectivity index (χ0) is 12.1. The van der Waals surface area contributed by atoms with Gasteiger partial charge in [-0.3, -0.25) is 4.79 Å². The number of hydrogen-bond donors (Lipinski definition) is 2. The molecule has 0 spiro atoms. The molecule has 0 saturated carbocycles. The van der Waals surface area contributed by atoms with Gasteiger partial charge in [0.2, 0.25) is 5.91 Å². The first kappa shape index (κ1) is 12.4. The van der Waals surface area contributed by atoms with Gasteiger partial charge in [0.15, 0.2) is 0 Å². The molecule has 1 fully saturated rings. The van der Waals surface area contributed by atoms with E-state index in [1.54, 1.807) is 12.1 Å². The van der Waals surface area contributed by atoms with E-state index in [-0.39, 0.29) is 11.9 Å². The maximum atomic E-state index is 12.0. The summed E-state index contributed by atoms with van der Waals surface area (Å²) < 4.78 is 0. The van der Waals surface area contributed by atoms with Gasteiger partial charge in [0, 0.05) is 10.7 Å². The molecule has 92 valence electrons. The number of anilines is 1. The Morgan fingerprint density at radius 2 is 2.24 bits per heavy atom. The SMILES string of the molecule is O=C(Nc1cccc(Cl)c1)C1CCCCCN1. The van der Waals surface area contributed by atoms with Crippen molar-refractivity contribution in [3.63, 3.8) is 0 Å². The molecule has 2 rings (SSSR count). The molecule has 2 N–H and O–H groups in total. The van der Waals surface area contributed by atoms with Crippen LogP contribution in [0, 0.1) is 0 Å². The highest BCUT2D eigenvalue weighted by atomic mass is 35.5. The van der Waals surface area contributed by atoms with E-state index in [9.17, 15) is 4.79 Å². The highest BCUT2D eigenvalue weighted by Crippen LogP contribution is 2.16. The van der Waals surface area contributed by atoms with Crippen LogP contribution in [0.2, 0.25) is 5.02 Å². The van der Waals surface area contributed by atoms with Crippen LogP contribution in [0.1, 0.15) is 25.7 Å². The number of carbonyl (C=O) groups is 1. The number of amides is 1. The number of carbonyl (C=O) groups excluding carboxylic acids is 1. The lowest BCUT2D eigenvalue weighted by Crippen LogP contribution is -2.39. The quantitative estimate of drug-likeness (QED) is 0.850. The molecule has 1 unspecified atom stereocenters. The summed E-state index contributed by atoms with van der Waals surface area (Å²) in [6, 6.07) is 7.16. The molecule has 0 radical (unpaired) electrons. The first-order valence-electron chi connectivity index (χ1n) is 6.05. The molecule has 1 aliphatic rings. The lowest BCUT2D eigenvalue weighted by Gasteiger charge is -2.15. The van der Waals surface area contributed by atoms with Crippen LogP contribution < -0.4 is 10.6 Å². The second-order valence-corrected chi connectivity index (χ2v) is 4.79. The molecule has 1 saturated heterocycles. The Morgan fingerprint density at radius 1 is 1.35 bits per heavy atom. The molecule has 0 aromatic heterocycles. The van der Waals surface area contributed by atoms with Gasteiger partial charge in [0.25, 0.3) is 0 Å². The lowest BCUT2D eigenvalue weighted by atomic mass is 10.1. The minimum absolute atomic E-state index is 0.0363. The van der Waals surface area contributed by atoms with E-state index >= 15 is 0 Å². The molecule has 1 aromatic rings. The highest BCUT2D eigenvalue weighted by Gasteiger charge is 2.19. The summed E-state index contributed by atoms with van der Waals surface area (Å²) in [6.07, 6.45) is 4.38. The molecule has 1 amide bonds. The van der Waals surface area contributed by atoms with E-state index in [1.165, 1.54) is 6.42 Å². The van der Waals surface area contributed by atoms with Crippen LogP contribution >= 0.6 is 11.6 Å². The van der Waals surface area contributed by atoms with Crippen LogP contribution in [0.4, 0.5) is 5.69 Å². The summed E-state index contributed by atoms with van der Waals surface area (Å²) >= 11 is 5.87. The van der Waals surface area contributed by atoms with E-state index in [0.29, 0.717) is 5.02 Å². The average Bonchev–Trinajstić information content (AvgIpc) is 2.57. The van der Waals surface area contributed by atoms with Crippen LogP contribution in [-0.4, -0.2) is 18.5 Å². The zero-order valence-corrected chi connectivity index (χ0v) is 10.5. The molecule has 1 aromatic carbocycles. The number of rotatable bonds is 2. The third kappa shape index (κ3) is 3.72. The Bertz CT molecular complexity index is 387. The predicted molar refractivity (Wildman–Crippen MR) is 70.3 cm³/mol. The van der Waals surface area contributed by atoms with Gasteiger partial charge in [0.05, 0.1) is 6.04 Å². The summed E-state index contributed by atoms with van der Waals surface area (Å²) in [6.45, 7) is 0.924. The van der Waals surface area contributed by atoms with Gasteiger partial charge in [-0.2, -0.15) is 0 Å². The summed E-state index contributed by atoms with van der Waals surface area (Å²) in [5.41, 5.74) is 0.758. The first-order chi connectivity index (χ1) is 8.25. The molecule has 4 heteroatoms. The Hall–Kier alpha value is -1.06. The molecule has 0 bridgehead atoms. The summed E-state index contributed by atoms with van der Waals surface area (Å²) in [5, 5.41) is 6.80. The highest BCUT2D eigenvalue weighted by molar-refractivity contribution is 6.30. The van der Waals surface area contributed by atoms with Crippen molar-refractivity contribution in [2.75, 3.05) is 11.9 Å². The minimum atomic E-state index is -0.0727. The Labute approximate surface area is 107 Å². The van der Waals surface area contributed by atoms with Crippen LogP contribution in [0.3, 0.4) is 0 Å². The molecule has 1 atom stereocenters. The van der Waals surface area contributed by atoms with Crippen LogP contribution in [0.15, 0.2) is 24.3 Å². The fraction of sp³-hybridized carbons (Fsp3) is 0.462. The number of nitrogens with one attached hydrogen (secondary N) is 2. The number of halogens is 1. The van der Waals surface area contributed by atoms with Crippen molar-refractivity contribution in [1.82, 2.24) is 5.32 Å². The molecular formula is C13H17ClN2O. The van der Waals surface area contributed by atoms with Gasteiger partial charge < -0.3 is 10.6 Å². The second kappa shape index (κ2) is 6.03. The average molecular weight is 253 g/mol. The third-order valence-electron chi connectivity index (χ3n) is 2.97. The summed E-state index contributed by atoms with van der Waals surface area (Å²) in [5.74, 6) is 0.0363. The first-order valence-corrected chi connectivity index (χ1v) is 6.43. The van der Waals surface area contributed by atoms with Gasteiger partial charge in [0.1, 0.15) is 0 Å². The Kier molecular flexibility index (Phi) is 4.40. The largest absolute Gasteiger partial charge is 0.325 e. The summed E-state index contributed by atoms with van der Waals surface area (Å²) in [4.78, 5) is 12.0. The van der Waals surface area contributed by atoms with Crippen LogP contribution in [-0.2, 0) is 4.79 Å². The van der Waals surface area contributed by atoms with Crippen molar-refractivity contribution in [3.05, 3.63) is 29.3 Å².